The van der Waals surface area contributed by atoms with Crippen molar-refractivity contribution in [3.8, 4) is 0 Å². The lowest BCUT2D eigenvalue weighted by molar-refractivity contribution is -0.116. The Morgan fingerprint density at radius 2 is 2.09 bits per heavy atom. The summed E-state index contributed by atoms with van der Waals surface area (Å²) in [5.74, 6) is 0.0442. The number of carbonyl (C=O) groups is 1. The second kappa shape index (κ2) is 8.29. The lowest BCUT2D eigenvalue weighted by Crippen LogP contribution is -2.22. The smallest absolute Gasteiger partial charge is 0.225 e. The van der Waals surface area contributed by atoms with Crippen LogP contribution in [0.4, 0.5) is 5.69 Å². The van der Waals surface area contributed by atoms with Crippen molar-refractivity contribution in [3.63, 3.8) is 0 Å². The number of nitrogens with one attached hydrogen (secondary N) is 2. The van der Waals surface area contributed by atoms with Gasteiger partial charge in [-0.05, 0) is 36.1 Å². The first-order valence-corrected chi connectivity index (χ1v) is 7.68. The topological polar surface area (TPSA) is 54.0 Å². The number of anilines is 1. The predicted molar refractivity (Wildman–Crippen MR) is 89.7 cm³/mol. The van der Waals surface area contributed by atoms with Crippen molar-refractivity contribution in [2.75, 3.05) is 11.9 Å². The van der Waals surface area contributed by atoms with E-state index in [-0.39, 0.29) is 5.91 Å². The lowest BCUT2D eigenvalue weighted by Gasteiger charge is -2.13. The van der Waals surface area contributed by atoms with Gasteiger partial charge < -0.3 is 10.6 Å². The molecule has 4 heteroatoms. The summed E-state index contributed by atoms with van der Waals surface area (Å²) in [4.78, 5) is 16.1. The number of carbonyl (C=O) groups excluding carboxylic acids is 1. The summed E-state index contributed by atoms with van der Waals surface area (Å²) in [6.07, 6.45) is 4.95. The third-order valence-corrected chi connectivity index (χ3v) is 3.59. The lowest BCUT2D eigenvalue weighted by atomic mass is 10.1. The van der Waals surface area contributed by atoms with E-state index in [0.29, 0.717) is 13.0 Å². The Kier molecular flexibility index (Phi) is 6.10. The maximum Gasteiger partial charge on any atom is 0.225 e. The van der Waals surface area contributed by atoms with Gasteiger partial charge in [-0.3, -0.25) is 9.78 Å². The number of aromatic nitrogens is 1. The van der Waals surface area contributed by atoms with Crippen LogP contribution in [0, 0.1) is 6.92 Å². The average Bonchev–Trinajstić information content (AvgIpc) is 2.54. The van der Waals surface area contributed by atoms with Gasteiger partial charge in [-0.15, -0.1) is 0 Å². The van der Waals surface area contributed by atoms with E-state index in [9.17, 15) is 4.79 Å². The Morgan fingerprint density at radius 3 is 2.82 bits per heavy atom. The SMILES string of the molecule is CCc1cccc(C)c1NC(=O)CCNCc1cccnc1. The molecule has 2 aromatic rings. The van der Waals surface area contributed by atoms with Gasteiger partial charge in [-0.25, -0.2) is 0 Å². The van der Waals surface area contributed by atoms with Gasteiger partial charge in [-0.1, -0.05) is 31.2 Å². The summed E-state index contributed by atoms with van der Waals surface area (Å²) >= 11 is 0. The minimum atomic E-state index is 0.0442. The highest BCUT2D eigenvalue weighted by atomic mass is 16.1. The molecule has 4 nitrogen and oxygen atoms in total. The van der Waals surface area contributed by atoms with Gasteiger partial charge in [0.2, 0.25) is 5.91 Å². The molecule has 2 N–H and O–H groups in total. The van der Waals surface area contributed by atoms with Gasteiger partial charge >= 0.3 is 0 Å². The van der Waals surface area contributed by atoms with Gasteiger partial charge in [-0.2, -0.15) is 0 Å². The van der Waals surface area contributed by atoms with E-state index >= 15 is 0 Å². The van der Waals surface area contributed by atoms with Crippen molar-refractivity contribution in [1.29, 1.82) is 0 Å². The van der Waals surface area contributed by atoms with Crippen LogP contribution < -0.4 is 10.6 Å². The number of amides is 1. The molecule has 0 aliphatic heterocycles. The summed E-state index contributed by atoms with van der Waals surface area (Å²) in [5.41, 5.74) is 4.37. The van der Waals surface area contributed by atoms with Crippen molar-refractivity contribution < 1.29 is 4.79 Å². The number of rotatable bonds is 7. The molecular weight excluding hydrogens is 274 g/mol. The van der Waals surface area contributed by atoms with Crippen LogP contribution in [-0.2, 0) is 17.8 Å². The largest absolute Gasteiger partial charge is 0.326 e. The Morgan fingerprint density at radius 1 is 1.23 bits per heavy atom. The molecule has 0 aliphatic rings. The maximum absolute atomic E-state index is 12.1. The maximum atomic E-state index is 12.1. The Hall–Kier alpha value is -2.20. The number of nitrogens with zero attached hydrogens (tertiary/aromatic N) is 1. The first-order valence-electron chi connectivity index (χ1n) is 7.68. The monoisotopic (exact) mass is 297 g/mol. The molecule has 1 aromatic carbocycles. The number of aryl methyl sites for hydroxylation is 2. The van der Waals surface area contributed by atoms with Crippen LogP contribution in [0.1, 0.15) is 30.0 Å². The van der Waals surface area contributed by atoms with Crippen LogP contribution >= 0.6 is 0 Å². The number of hydrogen-bond donors (Lipinski definition) is 2. The second-order valence-corrected chi connectivity index (χ2v) is 5.30. The highest BCUT2D eigenvalue weighted by Crippen LogP contribution is 2.21. The highest BCUT2D eigenvalue weighted by Gasteiger charge is 2.08. The van der Waals surface area contributed by atoms with Crippen LogP contribution in [0.5, 0.6) is 0 Å². The quantitative estimate of drug-likeness (QED) is 0.772. The molecule has 2 rings (SSSR count). The average molecular weight is 297 g/mol. The molecule has 1 heterocycles. The van der Waals surface area contributed by atoms with E-state index in [1.54, 1.807) is 6.20 Å². The van der Waals surface area contributed by atoms with E-state index < -0.39 is 0 Å². The second-order valence-electron chi connectivity index (χ2n) is 5.30. The highest BCUT2D eigenvalue weighted by molar-refractivity contribution is 5.92. The van der Waals surface area contributed by atoms with Crippen LogP contribution in [-0.4, -0.2) is 17.4 Å². The van der Waals surface area contributed by atoms with Gasteiger partial charge in [0.25, 0.3) is 0 Å². The van der Waals surface area contributed by atoms with Crippen molar-refractivity contribution >= 4 is 11.6 Å². The van der Waals surface area contributed by atoms with E-state index in [2.05, 4.69) is 28.6 Å². The molecule has 0 aliphatic carbocycles. The summed E-state index contributed by atoms with van der Waals surface area (Å²) < 4.78 is 0. The molecule has 0 bridgehead atoms. The van der Waals surface area contributed by atoms with Crippen LogP contribution in [0.15, 0.2) is 42.7 Å². The number of benzene rings is 1. The zero-order valence-electron chi connectivity index (χ0n) is 13.2. The summed E-state index contributed by atoms with van der Waals surface area (Å²) in [6, 6.07) is 10.0. The molecule has 0 saturated carbocycles. The van der Waals surface area contributed by atoms with E-state index in [1.807, 2.05) is 37.4 Å². The number of pyridine rings is 1. The van der Waals surface area contributed by atoms with E-state index in [0.717, 1.165) is 29.8 Å². The van der Waals surface area contributed by atoms with Gasteiger partial charge in [0.1, 0.15) is 0 Å². The van der Waals surface area contributed by atoms with Crippen LogP contribution in [0.25, 0.3) is 0 Å². The molecule has 1 aromatic heterocycles. The first kappa shape index (κ1) is 16.2. The Bertz CT molecular complexity index is 611. The van der Waals surface area contributed by atoms with E-state index in [4.69, 9.17) is 0 Å². The van der Waals surface area contributed by atoms with E-state index in [1.165, 1.54) is 5.56 Å². The van der Waals surface area contributed by atoms with Gasteiger partial charge in [0, 0.05) is 37.6 Å². The number of hydrogen-bond acceptors (Lipinski definition) is 3. The molecule has 0 fully saturated rings. The van der Waals surface area contributed by atoms with Crippen molar-refractivity contribution in [2.45, 2.75) is 33.2 Å². The normalized spacial score (nSPS) is 10.5. The zero-order chi connectivity index (χ0) is 15.8. The van der Waals surface area contributed by atoms with Crippen molar-refractivity contribution in [2.24, 2.45) is 0 Å². The first-order chi connectivity index (χ1) is 10.7. The molecule has 0 spiro atoms. The summed E-state index contributed by atoms with van der Waals surface area (Å²) in [7, 11) is 0. The Balaban J connectivity index is 1.79. The minimum absolute atomic E-state index is 0.0442. The molecular formula is C18H23N3O. The third-order valence-electron chi connectivity index (χ3n) is 3.59. The third kappa shape index (κ3) is 4.67. The molecule has 22 heavy (non-hydrogen) atoms. The molecule has 0 unspecified atom stereocenters. The van der Waals surface area contributed by atoms with Crippen molar-refractivity contribution in [1.82, 2.24) is 10.3 Å². The van der Waals surface area contributed by atoms with Gasteiger partial charge in [0.15, 0.2) is 0 Å². The van der Waals surface area contributed by atoms with Crippen molar-refractivity contribution in [3.05, 3.63) is 59.4 Å². The Labute approximate surface area is 132 Å². The van der Waals surface area contributed by atoms with Gasteiger partial charge in [0.05, 0.1) is 0 Å². The summed E-state index contributed by atoms with van der Waals surface area (Å²) in [6.45, 7) is 5.50. The standard InChI is InChI=1S/C18H23N3O/c1-3-16-8-4-6-14(2)18(16)21-17(22)9-11-20-13-15-7-5-10-19-12-15/h4-8,10,12,20H,3,9,11,13H2,1-2H3,(H,21,22). The van der Waals surface area contributed by atoms with Crippen LogP contribution in [0.3, 0.4) is 0 Å². The molecule has 0 saturated heterocycles. The number of para-hydroxylation sites is 1. The van der Waals surface area contributed by atoms with Crippen LogP contribution in [0.2, 0.25) is 0 Å². The summed E-state index contributed by atoms with van der Waals surface area (Å²) in [5, 5.41) is 6.30. The fourth-order valence-corrected chi connectivity index (χ4v) is 2.34. The fourth-order valence-electron chi connectivity index (χ4n) is 2.34. The fraction of sp³-hybridized carbons (Fsp3) is 0.333. The molecule has 1 amide bonds. The molecule has 0 radical (unpaired) electrons. The predicted octanol–water partition coefficient (Wildman–Crippen LogP) is 3.07. The minimum Gasteiger partial charge on any atom is -0.326 e. The zero-order valence-corrected chi connectivity index (χ0v) is 13.2. The molecule has 116 valence electrons. The molecule has 0 atom stereocenters.